The fourth-order valence-electron chi connectivity index (χ4n) is 2.15. The lowest BCUT2D eigenvalue weighted by atomic mass is 10.0. The van der Waals surface area contributed by atoms with E-state index in [1.165, 1.54) is 6.92 Å². The maximum atomic E-state index is 11.3. The summed E-state index contributed by atoms with van der Waals surface area (Å²) in [5, 5.41) is 9.91. The average molecular weight is 311 g/mol. The first-order valence-electron chi connectivity index (χ1n) is 6.68. The number of carbonyl (C=O) groups is 1. The van der Waals surface area contributed by atoms with Gasteiger partial charge in [-0.25, -0.2) is 0 Å². The molecule has 0 fully saturated rings. The third-order valence-corrected chi connectivity index (χ3v) is 3.83. The number of carbonyl (C=O) groups excluding carboxylic acids is 1. The van der Waals surface area contributed by atoms with Gasteiger partial charge in [0.15, 0.2) is 0 Å². The van der Waals surface area contributed by atoms with Gasteiger partial charge in [-0.3, -0.25) is 4.79 Å². The van der Waals surface area contributed by atoms with Gasteiger partial charge in [0, 0.05) is 24.0 Å². The van der Waals surface area contributed by atoms with E-state index >= 15 is 0 Å². The topological polar surface area (TPSA) is 59.4 Å². The number of rotatable bonds is 3. The van der Waals surface area contributed by atoms with E-state index in [1.807, 2.05) is 30.3 Å². The molecule has 0 saturated heterocycles. The number of phenolic OH excluding ortho intramolecular Hbond substituents is 1. The summed E-state index contributed by atoms with van der Waals surface area (Å²) < 4.78 is 9.73. The van der Waals surface area contributed by atoms with Crippen molar-refractivity contribution in [3.8, 4) is 33.2 Å². The number of benzene rings is 2. The van der Waals surface area contributed by atoms with Crippen LogP contribution in [0.2, 0.25) is 0 Å². The number of ether oxygens (including phenoxy) is 1. The van der Waals surface area contributed by atoms with E-state index in [9.17, 15) is 9.90 Å². The molecule has 110 valence electrons. The summed E-state index contributed by atoms with van der Waals surface area (Å²) in [7, 11) is 0. The standard InChI is InChI=1S/C17H13NO3S/c1-11(19)21-17-15(12-7-9-14(20)10-8-12)16(18-22-17)13-5-3-2-4-6-13/h2-10,20H,1H3. The minimum absolute atomic E-state index is 0.183. The quantitative estimate of drug-likeness (QED) is 0.740. The highest BCUT2D eigenvalue weighted by Crippen LogP contribution is 2.42. The van der Waals surface area contributed by atoms with Crippen LogP contribution < -0.4 is 4.74 Å². The number of phenols is 1. The second-order valence-electron chi connectivity index (χ2n) is 4.70. The molecule has 0 bridgehead atoms. The van der Waals surface area contributed by atoms with Crippen LogP contribution in [0.3, 0.4) is 0 Å². The van der Waals surface area contributed by atoms with Crippen molar-refractivity contribution in [2.24, 2.45) is 0 Å². The molecule has 0 amide bonds. The van der Waals surface area contributed by atoms with Crippen molar-refractivity contribution >= 4 is 17.5 Å². The Morgan fingerprint density at radius 2 is 1.73 bits per heavy atom. The molecule has 22 heavy (non-hydrogen) atoms. The number of hydrogen-bond acceptors (Lipinski definition) is 5. The highest BCUT2D eigenvalue weighted by molar-refractivity contribution is 7.08. The molecule has 1 N–H and O–H groups in total. The van der Waals surface area contributed by atoms with Crippen LogP contribution in [0.1, 0.15) is 6.92 Å². The van der Waals surface area contributed by atoms with Crippen molar-refractivity contribution in [3.05, 3.63) is 54.6 Å². The number of aromatic hydroxyl groups is 1. The smallest absolute Gasteiger partial charge is 0.308 e. The molecule has 0 aliphatic carbocycles. The molecule has 0 unspecified atom stereocenters. The number of nitrogens with zero attached hydrogens (tertiary/aromatic N) is 1. The molecule has 0 aliphatic rings. The van der Waals surface area contributed by atoms with Gasteiger partial charge in [0.25, 0.3) is 0 Å². The Morgan fingerprint density at radius 1 is 1.05 bits per heavy atom. The molecular weight excluding hydrogens is 298 g/mol. The van der Waals surface area contributed by atoms with Crippen molar-refractivity contribution in [2.45, 2.75) is 6.92 Å². The fourth-order valence-corrected chi connectivity index (χ4v) is 2.98. The van der Waals surface area contributed by atoms with Crippen molar-refractivity contribution in [3.63, 3.8) is 0 Å². The second-order valence-corrected chi connectivity index (χ2v) is 5.44. The maximum Gasteiger partial charge on any atom is 0.308 e. The van der Waals surface area contributed by atoms with Crippen molar-refractivity contribution in [1.29, 1.82) is 0 Å². The molecule has 0 spiro atoms. The summed E-state index contributed by atoms with van der Waals surface area (Å²) in [6.45, 7) is 1.36. The molecule has 1 aromatic heterocycles. The monoisotopic (exact) mass is 311 g/mol. The predicted molar refractivity (Wildman–Crippen MR) is 86.0 cm³/mol. The molecule has 0 radical (unpaired) electrons. The average Bonchev–Trinajstić information content (AvgIpc) is 2.92. The van der Waals surface area contributed by atoms with E-state index in [0.29, 0.717) is 5.06 Å². The van der Waals surface area contributed by atoms with Crippen molar-refractivity contribution < 1.29 is 14.6 Å². The maximum absolute atomic E-state index is 11.3. The highest BCUT2D eigenvalue weighted by Gasteiger charge is 2.19. The number of hydrogen-bond donors (Lipinski definition) is 1. The summed E-state index contributed by atoms with van der Waals surface area (Å²) in [5.74, 6) is -0.203. The molecular formula is C17H13NO3S. The van der Waals surface area contributed by atoms with Crippen LogP contribution in [0, 0.1) is 0 Å². The van der Waals surface area contributed by atoms with Gasteiger partial charge in [0.1, 0.15) is 5.75 Å². The van der Waals surface area contributed by atoms with Crippen LogP contribution in [0.4, 0.5) is 0 Å². The van der Waals surface area contributed by atoms with Gasteiger partial charge in [-0.2, -0.15) is 4.37 Å². The van der Waals surface area contributed by atoms with E-state index in [4.69, 9.17) is 4.74 Å². The van der Waals surface area contributed by atoms with Crippen molar-refractivity contribution in [1.82, 2.24) is 4.37 Å². The van der Waals surface area contributed by atoms with Gasteiger partial charge in [-0.15, -0.1) is 0 Å². The van der Waals surface area contributed by atoms with Crippen molar-refractivity contribution in [2.75, 3.05) is 0 Å². The lowest BCUT2D eigenvalue weighted by Crippen LogP contribution is -2.00. The van der Waals surface area contributed by atoms with Crippen LogP contribution >= 0.6 is 11.5 Å². The summed E-state index contributed by atoms with van der Waals surface area (Å²) in [4.78, 5) is 11.3. The summed E-state index contributed by atoms with van der Waals surface area (Å²) >= 11 is 1.14. The second kappa shape index (κ2) is 5.99. The molecule has 0 saturated carbocycles. The van der Waals surface area contributed by atoms with Gasteiger partial charge in [-0.05, 0) is 17.7 Å². The predicted octanol–water partition coefficient (Wildman–Crippen LogP) is 4.11. The molecule has 1 heterocycles. The molecule has 2 aromatic carbocycles. The van der Waals surface area contributed by atoms with E-state index in [2.05, 4.69) is 4.37 Å². The van der Waals surface area contributed by atoms with Gasteiger partial charge in [0.05, 0.1) is 11.3 Å². The van der Waals surface area contributed by atoms with Gasteiger partial charge >= 0.3 is 5.97 Å². The molecule has 4 nitrogen and oxygen atoms in total. The fraction of sp³-hybridized carbons (Fsp3) is 0.0588. The van der Waals surface area contributed by atoms with Crippen LogP contribution in [0.15, 0.2) is 54.6 Å². The lowest BCUT2D eigenvalue weighted by Gasteiger charge is -2.06. The zero-order valence-electron chi connectivity index (χ0n) is 11.8. The SMILES string of the molecule is CC(=O)Oc1snc(-c2ccccc2)c1-c1ccc(O)cc1. The normalized spacial score (nSPS) is 10.4. The van der Waals surface area contributed by atoms with Crippen LogP contribution in [0.25, 0.3) is 22.4 Å². The van der Waals surface area contributed by atoms with E-state index < -0.39 is 0 Å². The third kappa shape index (κ3) is 2.84. The zero-order chi connectivity index (χ0) is 15.5. The molecule has 5 heteroatoms. The molecule has 3 rings (SSSR count). The Hall–Kier alpha value is -2.66. The summed E-state index contributed by atoms with van der Waals surface area (Å²) in [5.41, 5.74) is 3.29. The van der Waals surface area contributed by atoms with Gasteiger partial charge in [0.2, 0.25) is 5.06 Å². The van der Waals surface area contributed by atoms with Gasteiger partial charge < -0.3 is 9.84 Å². The largest absolute Gasteiger partial charge is 0.508 e. The van der Waals surface area contributed by atoms with E-state index in [-0.39, 0.29) is 11.7 Å². The molecule has 3 aromatic rings. The number of aromatic nitrogens is 1. The zero-order valence-corrected chi connectivity index (χ0v) is 12.6. The molecule has 0 aliphatic heterocycles. The first-order chi connectivity index (χ1) is 10.6. The highest BCUT2D eigenvalue weighted by atomic mass is 32.1. The summed E-state index contributed by atoms with van der Waals surface area (Å²) in [6, 6.07) is 16.5. The first kappa shape index (κ1) is 14.3. The Morgan fingerprint density at radius 3 is 2.36 bits per heavy atom. The Balaban J connectivity index is 2.17. The third-order valence-electron chi connectivity index (χ3n) is 3.10. The molecule has 0 atom stereocenters. The van der Waals surface area contributed by atoms with E-state index in [0.717, 1.165) is 33.9 Å². The Bertz CT molecular complexity index is 795. The minimum Gasteiger partial charge on any atom is -0.508 e. The lowest BCUT2D eigenvalue weighted by molar-refractivity contribution is -0.131. The first-order valence-corrected chi connectivity index (χ1v) is 7.45. The Kier molecular flexibility index (Phi) is 3.89. The van der Waals surface area contributed by atoms with Crippen LogP contribution in [0.5, 0.6) is 10.8 Å². The Labute approximate surface area is 131 Å². The minimum atomic E-state index is -0.386. The van der Waals surface area contributed by atoms with E-state index in [1.54, 1.807) is 24.3 Å². The van der Waals surface area contributed by atoms with Crippen LogP contribution in [-0.2, 0) is 4.79 Å². The van der Waals surface area contributed by atoms with Crippen LogP contribution in [-0.4, -0.2) is 15.4 Å². The summed E-state index contributed by atoms with van der Waals surface area (Å²) in [6.07, 6.45) is 0. The van der Waals surface area contributed by atoms with Gasteiger partial charge in [-0.1, -0.05) is 42.5 Å². The number of esters is 1.